The first-order valence-electron chi connectivity index (χ1n) is 10.4. The first kappa shape index (κ1) is 21.3. The summed E-state index contributed by atoms with van der Waals surface area (Å²) in [6, 6.07) is 14.6. The van der Waals surface area contributed by atoms with Gasteiger partial charge < -0.3 is 10.6 Å². The zero-order valence-electron chi connectivity index (χ0n) is 17.6. The van der Waals surface area contributed by atoms with Gasteiger partial charge in [0.1, 0.15) is 0 Å². The van der Waals surface area contributed by atoms with Gasteiger partial charge in [-0.25, -0.2) is 0 Å². The van der Waals surface area contributed by atoms with Gasteiger partial charge in [0.15, 0.2) is 0 Å². The molecule has 0 aromatic heterocycles. The van der Waals surface area contributed by atoms with Gasteiger partial charge in [0, 0.05) is 32.2 Å². The van der Waals surface area contributed by atoms with Crippen LogP contribution in [-0.4, -0.2) is 66.9 Å². The number of rotatable bonds is 7. The van der Waals surface area contributed by atoms with E-state index in [0.717, 1.165) is 31.7 Å². The van der Waals surface area contributed by atoms with Gasteiger partial charge in [0.25, 0.3) is 0 Å². The fourth-order valence-corrected chi connectivity index (χ4v) is 3.87. The molecule has 29 heavy (non-hydrogen) atoms. The van der Waals surface area contributed by atoms with Crippen LogP contribution in [0.25, 0.3) is 10.8 Å². The summed E-state index contributed by atoms with van der Waals surface area (Å²) < 4.78 is 0. The van der Waals surface area contributed by atoms with E-state index >= 15 is 0 Å². The molecule has 6 heteroatoms. The topological polar surface area (TPSA) is 64.7 Å². The second-order valence-corrected chi connectivity index (χ2v) is 8.13. The van der Waals surface area contributed by atoms with E-state index < -0.39 is 0 Å². The standard InChI is InChI=1S/C23H32N4O2/c1-17(2)24-22(28)15-26-11-13-27(14-12-26)16-23(29)25-18(3)20-10-6-8-19-7-4-5-9-21(19)20/h4-10,17-18H,11-16H2,1-3H3,(H,24,28)(H,25,29). The SMILES string of the molecule is CC(C)NC(=O)CN1CCN(CC(=O)NC(C)c2cccc3ccccc23)CC1. The lowest BCUT2D eigenvalue weighted by molar-refractivity contribution is -0.125. The Labute approximate surface area is 173 Å². The van der Waals surface area contributed by atoms with Crippen molar-refractivity contribution in [2.24, 2.45) is 0 Å². The molecule has 1 aliphatic heterocycles. The van der Waals surface area contributed by atoms with Crippen LogP contribution in [0.15, 0.2) is 42.5 Å². The van der Waals surface area contributed by atoms with E-state index in [2.05, 4.69) is 44.7 Å². The molecule has 1 heterocycles. The Kier molecular flexibility index (Phi) is 7.23. The van der Waals surface area contributed by atoms with Crippen LogP contribution in [0.2, 0.25) is 0 Å². The molecule has 2 N–H and O–H groups in total. The lowest BCUT2D eigenvalue weighted by Crippen LogP contribution is -2.52. The molecule has 1 aliphatic rings. The molecule has 1 saturated heterocycles. The van der Waals surface area contributed by atoms with Crippen LogP contribution in [0.3, 0.4) is 0 Å². The molecular weight excluding hydrogens is 364 g/mol. The van der Waals surface area contributed by atoms with Crippen molar-refractivity contribution in [2.45, 2.75) is 32.9 Å². The maximum Gasteiger partial charge on any atom is 0.234 e. The molecule has 1 unspecified atom stereocenters. The molecule has 0 saturated carbocycles. The minimum atomic E-state index is -0.0466. The first-order valence-corrected chi connectivity index (χ1v) is 10.4. The highest BCUT2D eigenvalue weighted by Crippen LogP contribution is 2.23. The highest BCUT2D eigenvalue weighted by Gasteiger charge is 2.21. The maximum absolute atomic E-state index is 12.6. The van der Waals surface area contributed by atoms with Crippen LogP contribution in [0.1, 0.15) is 32.4 Å². The van der Waals surface area contributed by atoms with Gasteiger partial charge in [-0.15, -0.1) is 0 Å². The third kappa shape index (κ3) is 6.02. The number of carbonyl (C=O) groups excluding carboxylic acids is 2. The minimum absolute atomic E-state index is 0.0384. The van der Waals surface area contributed by atoms with E-state index in [4.69, 9.17) is 0 Å². The van der Waals surface area contributed by atoms with Crippen LogP contribution >= 0.6 is 0 Å². The second-order valence-electron chi connectivity index (χ2n) is 8.13. The van der Waals surface area contributed by atoms with E-state index in [1.807, 2.05) is 39.0 Å². The molecule has 0 radical (unpaired) electrons. The van der Waals surface area contributed by atoms with E-state index in [1.54, 1.807) is 0 Å². The van der Waals surface area contributed by atoms with E-state index in [-0.39, 0.29) is 23.9 Å². The summed E-state index contributed by atoms with van der Waals surface area (Å²) in [6.45, 7) is 9.98. The van der Waals surface area contributed by atoms with E-state index in [9.17, 15) is 9.59 Å². The zero-order chi connectivity index (χ0) is 20.8. The number of nitrogens with one attached hydrogen (secondary N) is 2. The van der Waals surface area contributed by atoms with Crippen LogP contribution in [-0.2, 0) is 9.59 Å². The Balaban J connectivity index is 1.47. The lowest BCUT2D eigenvalue weighted by atomic mass is 10.00. The van der Waals surface area contributed by atoms with Crippen molar-refractivity contribution in [1.82, 2.24) is 20.4 Å². The van der Waals surface area contributed by atoms with Crippen molar-refractivity contribution in [3.05, 3.63) is 48.0 Å². The van der Waals surface area contributed by atoms with Crippen molar-refractivity contribution < 1.29 is 9.59 Å². The molecule has 156 valence electrons. The molecule has 0 aliphatic carbocycles. The van der Waals surface area contributed by atoms with Crippen molar-refractivity contribution >= 4 is 22.6 Å². The molecule has 2 aromatic carbocycles. The number of amides is 2. The van der Waals surface area contributed by atoms with Crippen molar-refractivity contribution in [3.63, 3.8) is 0 Å². The lowest BCUT2D eigenvalue weighted by Gasteiger charge is -2.34. The number of fused-ring (bicyclic) bond motifs is 1. The Hall–Kier alpha value is -2.44. The third-order valence-electron chi connectivity index (χ3n) is 5.32. The quantitative estimate of drug-likeness (QED) is 0.753. The number of nitrogens with zero attached hydrogens (tertiary/aromatic N) is 2. The van der Waals surface area contributed by atoms with E-state index in [1.165, 1.54) is 10.8 Å². The van der Waals surface area contributed by atoms with Gasteiger partial charge in [0.05, 0.1) is 19.1 Å². The van der Waals surface area contributed by atoms with Gasteiger partial charge in [0.2, 0.25) is 11.8 Å². The molecular formula is C23H32N4O2. The van der Waals surface area contributed by atoms with Crippen LogP contribution in [0, 0.1) is 0 Å². The van der Waals surface area contributed by atoms with Crippen molar-refractivity contribution in [3.8, 4) is 0 Å². The van der Waals surface area contributed by atoms with Gasteiger partial charge >= 0.3 is 0 Å². The average Bonchev–Trinajstić information content (AvgIpc) is 2.68. The fraction of sp³-hybridized carbons (Fsp3) is 0.478. The number of hydrogen-bond donors (Lipinski definition) is 2. The summed E-state index contributed by atoms with van der Waals surface area (Å²) >= 11 is 0. The van der Waals surface area contributed by atoms with Gasteiger partial charge in [-0.2, -0.15) is 0 Å². The Morgan fingerprint density at radius 1 is 0.828 bits per heavy atom. The number of hydrogen-bond acceptors (Lipinski definition) is 4. The first-order chi connectivity index (χ1) is 13.9. The molecule has 2 amide bonds. The van der Waals surface area contributed by atoms with Gasteiger partial charge in [-0.05, 0) is 37.1 Å². The predicted octanol–water partition coefficient (Wildman–Crippen LogP) is 2.16. The number of piperazine rings is 1. The van der Waals surface area contributed by atoms with Gasteiger partial charge in [-0.1, -0.05) is 42.5 Å². The minimum Gasteiger partial charge on any atom is -0.353 e. The Bertz CT molecular complexity index is 838. The molecule has 0 spiro atoms. The summed E-state index contributed by atoms with van der Waals surface area (Å²) in [7, 11) is 0. The monoisotopic (exact) mass is 396 g/mol. The zero-order valence-corrected chi connectivity index (χ0v) is 17.6. The second kappa shape index (κ2) is 9.85. The molecule has 0 bridgehead atoms. The average molecular weight is 397 g/mol. The highest BCUT2D eigenvalue weighted by molar-refractivity contribution is 5.87. The van der Waals surface area contributed by atoms with Crippen molar-refractivity contribution in [1.29, 1.82) is 0 Å². The normalized spacial score (nSPS) is 16.7. The van der Waals surface area contributed by atoms with Gasteiger partial charge in [-0.3, -0.25) is 19.4 Å². The Morgan fingerprint density at radius 3 is 2.00 bits per heavy atom. The van der Waals surface area contributed by atoms with Crippen LogP contribution < -0.4 is 10.6 Å². The predicted molar refractivity (Wildman–Crippen MR) is 117 cm³/mol. The largest absolute Gasteiger partial charge is 0.353 e. The number of benzene rings is 2. The molecule has 1 fully saturated rings. The summed E-state index contributed by atoms with van der Waals surface area (Å²) in [6.07, 6.45) is 0. The molecule has 1 atom stereocenters. The molecule has 3 rings (SSSR count). The molecule has 6 nitrogen and oxygen atoms in total. The van der Waals surface area contributed by atoms with Crippen LogP contribution in [0.4, 0.5) is 0 Å². The summed E-state index contributed by atoms with van der Waals surface area (Å²) in [4.78, 5) is 28.8. The third-order valence-corrected chi connectivity index (χ3v) is 5.32. The summed E-state index contributed by atoms with van der Waals surface area (Å²) in [5, 5.41) is 8.43. The highest BCUT2D eigenvalue weighted by atomic mass is 16.2. The smallest absolute Gasteiger partial charge is 0.234 e. The summed E-state index contributed by atoms with van der Waals surface area (Å²) in [5.41, 5.74) is 1.14. The summed E-state index contributed by atoms with van der Waals surface area (Å²) in [5.74, 6) is 0.103. The van der Waals surface area contributed by atoms with Crippen LogP contribution in [0.5, 0.6) is 0 Å². The Morgan fingerprint density at radius 2 is 1.38 bits per heavy atom. The fourth-order valence-electron chi connectivity index (χ4n) is 3.87. The maximum atomic E-state index is 12.6. The van der Waals surface area contributed by atoms with E-state index in [0.29, 0.717) is 13.1 Å². The van der Waals surface area contributed by atoms with Crippen molar-refractivity contribution in [2.75, 3.05) is 39.3 Å². The number of carbonyl (C=O) groups is 2. The molecule has 2 aromatic rings.